The predicted octanol–water partition coefficient (Wildman–Crippen LogP) is 4.28. The molecule has 21 heavy (non-hydrogen) atoms. The van der Waals surface area contributed by atoms with Gasteiger partial charge in [-0.25, -0.2) is 0 Å². The maximum absolute atomic E-state index is 12.9. The Hall–Kier alpha value is -1.23. The highest BCUT2D eigenvalue weighted by Gasteiger charge is 2.39. The van der Waals surface area contributed by atoms with Crippen LogP contribution < -0.4 is 10.2 Å². The second-order valence-electron chi connectivity index (χ2n) is 5.71. The van der Waals surface area contributed by atoms with Crippen LogP contribution in [0.1, 0.15) is 44.7 Å². The summed E-state index contributed by atoms with van der Waals surface area (Å²) in [7, 11) is 0. The van der Waals surface area contributed by atoms with Crippen LogP contribution in [0, 0.1) is 0 Å². The average Bonchev–Trinajstić information content (AvgIpc) is 3.26. The first-order valence-electron chi connectivity index (χ1n) is 7.58. The first-order chi connectivity index (χ1) is 9.92. The minimum absolute atomic E-state index is 0.0335. The van der Waals surface area contributed by atoms with Crippen molar-refractivity contribution in [3.63, 3.8) is 0 Å². The molecule has 0 spiro atoms. The van der Waals surface area contributed by atoms with Crippen LogP contribution in [0.4, 0.5) is 18.9 Å². The second kappa shape index (κ2) is 6.69. The van der Waals surface area contributed by atoms with Gasteiger partial charge in [0, 0.05) is 17.8 Å². The quantitative estimate of drug-likeness (QED) is 0.808. The number of nitrogens with one attached hydrogen (secondary N) is 1. The third-order valence-electron chi connectivity index (χ3n) is 3.75. The van der Waals surface area contributed by atoms with E-state index in [-0.39, 0.29) is 12.1 Å². The van der Waals surface area contributed by atoms with Crippen LogP contribution >= 0.6 is 0 Å². The van der Waals surface area contributed by atoms with Gasteiger partial charge in [-0.3, -0.25) is 0 Å². The maximum Gasteiger partial charge on any atom is 0.405 e. The zero-order chi connectivity index (χ0) is 15.5. The molecule has 0 bridgehead atoms. The van der Waals surface area contributed by atoms with Gasteiger partial charge in [0.1, 0.15) is 6.54 Å². The molecule has 0 aromatic heterocycles. The van der Waals surface area contributed by atoms with E-state index in [0.29, 0.717) is 5.69 Å². The Kier molecular flexibility index (Phi) is 5.14. The van der Waals surface area contributed by atoms with Gasteiger partial charge in [0.15, 0.2) is 0 Å². The lowest BCUT2D eigenvalue weighted by atomic mass is 10.0. The van der Waals surface area contributed by atoms with Gasteiger partial charge in [0.2, 0.25) is 0 Å². The van der Waals surface area contributed by atoms with Gasteiger partial charge in [-0.1, -0.05) is 25.1 Å². The number of nitrogens with zero attached hydrogens (tertiary/aromatic N) is 1. The number of hydrogen-bond acceptors (Lipinski definition) is 2. The molecule has 2 rings (SSSR count). The molecule has 1 saturated carbocycles. The predicted molar refractivity (Wildman–Crippen MR) is 79.6 cm³/mol. The van der Waals surface area contributed by atoms with Gasteiger partial charge in [-0.05, 0) is 44.4 Å². The molecule has 1 unspecified atom stereocenters. The minimum atomic E-state index is -4.17. The monoisotopic (exact) mass is 300 g/mol. The highest BCUT2D eigenvalue weighted by atomic mass is 19.4. The van der Waals surface area contributed by atoms with E-state index in [2.05, 4.69) is 12.2 Å². The average molecular weight is 300 g/mol. The fourth-order valence-corrected chi connectivity index (χ4v) is 2.58. The van der Waals surface area contributed by atoms with Crippen molar-refractivity contribution in [3.05, 3.63) is 29.8 Å². The first kappa shape index (κ1) is 16.1. The van der Waals surface area contributed by atoms with Gasteiger partial charge in [-0.2, -0.15) is 13.2 Å². The van der Waals surface area contributed by atoms with Gasteiger partial charge >= 0.3 is 6.18 Å². The van der Waals surface area contributed by atoms with Gasteiger partial charge in [0.05, 0.1) is 0 Å². The van der Waals surface area contributed by atoms with Crippen LogP contribution in [-0.2, 0) is 0 Å². The molecular weight excluding hydrogens is 277 g/mol. The number of rotatable bonds is 7. The molecule has 0 radical (unpaired) electrons. The summed E-state index contributed by atoms with van der Waals surface area (Å²) in [4.78, 5) is 1.53. The molecule has 1 aliphatic carbocycles. The largest absolute Gasteiger partial charge is 0.405 e. The lowest BCUT2D eigenvalue weighted by Gasteiger charge is -2.30. The maximum atomic E-state index is 12.9. The lowest BCUT2D eigenvalue weighted by Crippen LogP contribution is -2.37. The molecule has 1 aromatic carbocycles. The SMILES string of the molecule is CCCNC(C)c1ccccc1N(CC(F)(F)F)C1CC1. The van der Waals surface area contributed by atoms with Crippen molar-refractivity contribution in [2.24, 2.45) is 0 Å². The third-order valence-corrected chi connectivity index (χ3v) is 3.75. The zero-order valence-corrected chi connectivity index (χ0v) is 12.6. The summed E-state index contributed by atoms with van der Waals surface area (Å²) in [5.74, 6) is 0. The van der Waals surface area contributed by atoms with Crippen LogP contribution in [0.25, 0.3) is 0 Å². The fourth-order valence-electron chi connectivity index (χ4n) is 2.58. The van der Waals surface area contributed by atoms with Crippen LogP contribution in [-0.4, -0.2) is 25.3 Å². The summed E-state index contributed by atoms with van der Waals surface area (Å²) in [6, 6.07) is 7.53. The van der Waals surface area contributed by atoms with E-state index >= 15 is 0 Å². The van der Waals surface area contributed by atoms with E-state index in [1.54, 1.807) is 0 Å². The van der Waals surface area contributed by atoms with E-state index < -0.39 is 12.7 Å². The molecule has 1 atom stereocenters. The lowest BCUT2D eigenvalue weighted by molar-refractivity contribution is -0.120. The Bertz CT molecular complexity index is 455. The Balaban J connectivity index is 2.23. The highest BCUT2D eigenvalue weighted by Crippen LogP contribution is 2.37. The molecule has 2 nitrogen and oxygen atoms in total. The number of benzene rings is 1. The summed E-state index contributed by atoms with van der Waals surface area (Å²) < 4.78 is 38.6. The van der Waals surface area contributed by atoms with Crippen molar-refractivity contribution in [2.45, 2.75) is 51.4 Å². The minimum Gasteiger partial charge on any atom is -0.359 e. The van der Waals surface area contributed by atoms with Crippen molar-refractivity contribution in [1.82, 2.24) is 5.32 Å². The Labute approximate surface area is 124 Å². The van der Waals surface area contributed by atoms with E-state index in [1.165, 1.54) is 4.90 Å². The Morgan fingerprint density at radius 1 is 1.29 bits per heavy atom. The van der Waals surface area contributed by atoms with E-state index in [1.807, 2.05) is 31.2 Å². The van der Waals surface area contributed by atoms with Crippen molar-refractivity contribution >= 4 is 5.69 Å². The molecule has 0 saturated heterocycles. The smallest absolute Gasteiger partial charge is 0.359 e. The van der Waals surface area contributed by atoms with E-state index in [9.17, 15) is 13.2 Å². The number of halogens is 3. The molecule has 1 N–H and O–H groups in total. The molecular formula is C16H23F3N2. The number of para-hydroxylation sites is 1. The molecule has 5 heteroatoms. The normalized spacial score (nSPS) is 16.8. The van der Waals surface area contributed by atoms with Crippen LogP contribution in [0.3, 0.4) is 0 Å². The van der Waals surface area contributed by atoms with Crippen LogP contribution in [0.2, 0.25) is 0 Å². The Morgan fingerprint density at radius 2 is 1.95 bits per heavy atom. The molecule has 118 valence electrons. The van der Waals surface area contributed by atoms with Crippen molar-refractivity contribution in [3.8, 4) is 0 Å². The van der Waals surface area contributed by atoms with Crippen LogP contribution in [0.15, 0.2) is 24.3 Å². The van der Waals surface area contributed by atoms with Gasteiger partial charge in [0.25, 0.3) is 0 Å². The molecule has 0 heterocycles. The van der Waals surface area contributed by atoms with Gasteiger partial charge in [-0.15, -0.1) is 0 Å². The summed E-state index contributed by atoms with van der Waals surface area (Å²) in [6.45, 7) is 4.08. The molecule has 0 aliphatic heterocycles. The molecule has 1 aromatic rings. The fraction of sp³-hybridized carbons (Fsp3) is 0.625. The van der Waals surface area contributed by atoms with E-state index in [0.717, 1.165) is 31.4 Å². The standard InChI is InChI=1S/C16H23F3N2/c1-3-10-20-12(2)14-6-4-5-7-15(14)21(13-8-9-13)11-16(17,18)19/h4-7,12-13,20H,3,8-11H2,1-2H3. The van der Waals surface area contributed by atoms with Crippen molar-refractivity contribution < 1.29 is 13.2 Å². The summed E-state index contributed by atoms with van der Waals surface area (Å²) in [6.07, 6.45) is -1.47. The van der Waals surface area contributed by atoms with Gasteiger partial charge < -0.3 is 10.2 Å². The highest BCUT2D eigenvalue weighted by molar-refractivity contribution is 5.56. The van der Waals surface area contributed by atoms with E-state index in [4.69, 9.17) is 0 Å². The molecule has 1 aliphatic rings. The van der Waals surface area contributed by atoms with Crippen LogP contribution in [0.5, 0.6) is 0 Å². The molecule has 0 amide bonds. The number of alkyl halides is 3. The number of hydrogen-bond donors (Lipinski definition) is 1. The second-order valence-corrected chi connectivity index (χ2v) is 5.71. The third kappa shape index (κ3) is 4.63. The first-order valence-corrected chi connectivity index (χ1v) is 7.58. The zero-order valence-electron chi connectivity index (χ0n) is 12.6. The summed E-state index contributed by atoms with van der Waals surface area (Å²) >= 11 is 0. The number of anilines is 1. The van der Waals surface area contributed by atoms with Crippen molar-refractivity contribution in [2.75, 3.05) is 18.0 Å². The van der Waals surface area contributed by atoms with Crippen molar-refractivity contribution in [1.29, 1.82) is 0 Å². The summed E-state index contributed by atoms with van der Waals surface area (Å²) in [5.41, 5.74) is 1.66. The topological polar surface area (TPSA) is 15.3 Å². The molecule has 1 fully saturated rings. The Morgan fingerprint density at radius 3 is 2.52 bits per heavy atom. The summed E-state index contributed by atoms with van der Waals surface area (Å²) in [5, 5.41) is 3.36.